The number of benzene rings is 1. The van der Waals surface area contributed by atoms with Crippen molar-refractivity contribution < 1.29 is 13.2 Å². The van der Waals surface area contributed by atoms with Gasteiger partial charge in [-0.1, -0.05) is 6.07 Å². The average molecular weight is 375 g/mol. The Kier molecular flexibility index (Phi) is 5.51. The molecule has 2 aromatic rings. The van der Waals surface area contributed by atoms with Gasteiger partial charge in [-0.25, -0.2) is 4.98 Å². The first kappa shape index (κ1) is 19.0. The van der Waals surface area contributed by atoms with E-state index >= 15 is 0 Å². The minimum atomic E-state index is -4.47. The summed E-state index contributed by atoms with van der Waals surface area (Å²) in [5, 5.41) is 12.1. The molecule has 1 saturated heterocycles. The predicted molar refractivity (Wildman–Crippen MR) is 97.4 cm³/mol. The van der Waals surface area contributed by atoms with Crippen LogP contribution in [0.2, 0.25) is 0 Å². The Labute approximate surface area is 156 Å². The van der Waals surface area contributed by atoms with Crippen LogP contribution in [0, 0.1) is 11.3 Å². The van der Waals surface area contributed by atoms with Crippen LogP contribution in [-0.4, -0.2) is 43.1 Å². The Morgan fingerprint density at radius 3 is 2.48 bits per heavy atom. The maximum absolute atomic E-state index is 12.8. The zero-order chi connectivity index (χ0) is 19.4. The van der Waals surface area contributed by atoms with E-state index in [2.05, 4.69) is 27.1 Å². The fourth-order valence-electron chi connectivity index (χ4n) is 2.91. The van der Waals surface area contributed by atoms with E-state index in [9.17, 15) is 13.2 Å². The molecule has 0 bridgehead atoms. The number of pyridine rings is 1. The molecule has 142 valence electrons. The van der Waals surface area contributed by atoms with Gasteiger partial charge in [-0.2, -0.15) is 18.4 Å². The molecular formula is C19H20F3N5. The van der Waals surface area contributed by atoms with Gasteiger partial charge in [-0.15, -0.1) is 0 Å². The summed E-state index contributed by atoms with van der Waals surface area (Å²) in [5.41, 5.74) is 0.389. The fourth-order valence-corrected chi connectivity index (χ4v) is 2.91. The molecule has 5 nitrogen and oxygen atoms in total. The summed E-state index contributed by atoms with van der Waals surface area (Å²) in [6.07, 6.45) is -2.72. The van der Waals surface area contributed by atoms with E-state index in [0.29, 0.717) is 12.2 Å². The summed E-state index contributed by atoms with van der Waals surface area (Å²) in [5.74, 6) is 0.916. The van der Waals surface area contributed by atoms with E-state index in [4.69, 9.17) is 5.26 Å². The smallest absolute Gasteiger partial charge is 0.380 e. The molecule has 0 amide bonds. The predicted octanol–water partition coefficient (Wildman–Crippen LogP) is 3.34. The first-order chi connectivity index (χ1) is 12.9. The highest BCUT2D eigenvalue weighted by Gasteiger charge is 2.31. The molecular weight excluding hydrogens is 355 g/mol. The van der Waals surface area contributed by atoms with Gasteiger partial charge in [0.15, 0.2) is 0 Å². The molecule has 0 atom stereocenters. The van der Waals surface area contributed by atoms with Crippen molar-refractivity contribution in [2.45, 2.75) is 12.7 Å². The number of piperazine rings is 1. The van der Waals surface area contributed by atoms with E-state index in [0.717, 1.165) is 49.7 Å². The first-order valence-electron chi connectivity index (χ1n) is 8.60. The third-order valence-corrected chi connectivity index (χ3v) is 4.59. The van der Waals surface area contributed by atoms with E-state index < -0.39 is 11.7 Å². The monoisotopic (exact) mass is 375 g/mol. The van der Waals surface area contributed by atoms with Crippen molar-refractivity contribution in [3.05, 3.63) is 53.2 Å². The molecule has 1 aromatic heterocycles. The number of aromatic nitrogens is 1. The van der Waals surface area contributed by atoms with Crippen molar-refractivity contribution >= 4 is 11.5 Å². The Balaban J connectivity index is 1.64. The van der Waals surface area contributed by atoms with Crippen LogP contribution >= 0.6 is 0 Å². The standard InChI is InChI=1S/C19H20F3N5/c1-26-6-8-27(9-7-26)18-5-2-14(13-25-18)12-24-17-4-3-16(19(20,21)22)10-15(17)11-23/h2-5,10,13,24H,6-9,12H2,1H3. The minimum absolute atomic E-state index is 0.0353. The summed E-state index contributed by atoms with van der Waals surface area (Å²) < 4.78 is 38.3. The molecule has 0 unspecified atom stereocenters. The Hall–Kier alpha value is -2.79. The average Bonchev–Trinajstić information content (AvgIpc) is 2.66. The van der Waals surface area contributed by atoms with Gasteiger partial charge in [0, 0.05) is 38.9 Å². The summed E-state index contributed by atoms with van der Waals surface area (Å²) in [7, 11) is 2.09. The van der Waals surface area contributed by atoms with Crippen LogP contribution in [-0.2, 0) is 12.7 Å². The third-order valence-electron chi connectivity index (χ3n) is 4.59. The lowest BCUT2D eigenvalue weighted by Gasteiger charge is -2.33. The maximum atomic E-state index is 12.8. The number of nitriles is 1. The van der Waals surface area contributed by atoms with Crippen molar-refractivity contribution in [3.63, 3.8) is 0 Å². The molecule has 1 aliphatic heterocycles. The second-order valence-corrected chi connectivity index (χ2v) is 6.54. The summed E-state index contributed by atoms with van der Waals surface area (Å²) in [6, 6.07) is 8.80. The van der Waals surface area contributed by atoms with Crippen LogP contribution in [0.15, 0.2) is 36.5 Å². The van der Waals surface area contributed by atoms with E-state index in [1.165, 1.54) is 6.07 Å². The van der Waals surface area contributed by atoms with Gasteiger partial charge < -0.3 is 15.1 Å². The maximum Gasteiger partial charge on any atom is 0.416 e. The van der Waals surface area contributed by atoms with Crippen LogP contribution in [0.25, 0.3) is 0 Å². The number of anilines is 2. The summed E-state index contributed by atoms with van der Waals surface area (Å²) >= 11 is 0. The molecule has 1 aliphatic rings. The fraction of sp³-hybridized carbons (Fsp3) is 0.368. The van der Waals surface area contributed by atoms with Crippen LogP contribution in [0.4, 0.5) is 24.7 Å². The normalized spacial score (nSPS) is 15.4. The molecule has 27 heavy (non-hydrogen) atoms. The van der Waals surface area contributed by atoms with E-state index in [-0.39, 0.29) is 5.56 Å². The largest absolute Gasteiger partial charge is 0.416 e. The zero-order valence-corrected chi connectivity index (χ0v) is 14.9. The number of hydrogen-bond acceptors (Lipinski definition) is 5. The molecule has 0 aliphatic carbocycles. The van der Waals surface area contributed by atoms with Gasteiger partial charge >= 0.3 is 6.18 Å². The SMILES string of the molecule is CN1CCN(c2ccc(CNc3ccc(C(F)(F)F)cc3C#N)cn2)CC1. The Morgan fingerprint density at radius 1 is 1.15 bits per heavy atom. The molecule has 1 aromatic carbocycles. The van der Waals surface area contributed by atoms with E-state index in [1.807, 2.05) is 18.2 Å². The highest BCUT2D eigenvalue weighted by atomic mass is 19.4. The highest BCUT2D eigenvalue weighted by Crippen LogP contribution is 2.31. The summed E-state index contributed by atoms with van der Waals surface area (Å²) in [4.78, 5) is 8.97. The number of alkyl halides is 3. The zero-order valence-electron chi connectivity index (χ0n) is 14.9. The lowest BCUT2D eigenvalue weighted by atomic mass is 10.1. The molecule has 0 saturated carbocycles. The Morgan fingerprint density at radius 2 is 1.89 bits per heavy atom. The molecule has 1 fully saturated rings. The molecule has 1 N–H and O–H groups in total. The van der Waals surface area contributed by atoms with Gasteiger partial charge in [0.2, 0.25) is 0 Å². The van der Waals surface area contributed by atoms with Gasteiger partial charge in [-0.05, 0) is 36.9 Å². The second kappa shape index (κ2) is 7.84. The van der Waals surface area contributed by atoms with Crippen LogP contribution in [0.3, 0.4) is 0 Å². The van der Waals surface area contributed by atoms with Crippen molar-refractivity contribution in [2.75, 3.05) is 43.4 Å². The minimum Gasteiger partial charge on any atom is -0.380 e. The number of rotatable bonds is 4. The molecule has 0 spiro atoms. The van der Waals surface area contributed by atoms with Gasteiger partial charge in [0.1, 0.15) is 11.9 Å². The quantitative estimate of drug-likeness (QED) is 0.888. The molecule has 2 heterocycles. The van der Waals surface area contributed by atoms with Crippen molar-refractivity contribution in [2.24, 2.45) is 0 Å². The van der Waals surface area contributed by atoms with Gasteiger partial charge in [0.05, 0.1) is 16.8 Å². The number of likely N-dealkylation sites (N-methyl/N-ethyl adjacent to an activating group) is 1. The lowest BCUT2D eigenvalue weighted by Crippen LogP contribution is -2.44. The molecule has 0 radical (unpaired) electrons. The number of hydrogen-bond donors (Lipinski definition) is 1. The highest BCUT2D eigenvalue weighted by molar-refractivity contribution is 5.59. The lowest BCUT2D eigenvalue weighted by molar-refractivity contribution is -0.137. The Bertz CT molecular complexity index is 819. The third kappa shape index (κ3) is 4.68. The topological polar surface area (TPSA) is 55.2 Å². The molecule has 3 rings (SSSR count). The van der Waals surface area contributed by atoms with Gasteiger partial charge in [0.25, 0.3) is 0 Å². The van der Waals surface area contributed by atoms with Crippen LogP contribution < -0.4 is 10.2 Å². The summed E-state index contributed by atoms with van der Waals surface area (Å²) in [6.45, 7) is 4.22. The van der Waals surface area contributed by atoms with Gasteiger partial charge in [-0.3, -0.25) is 0 Å². The van der Waals surface area contributed by atoms with Crippen LogP contribution in [0.1, 0.15) is 16.7 Å². The first-order valence-corrected chi connectivity index (χ1v) is 8.60. The van der Waals surface area contributed by atoms with Crippen molar-refractivity contribution in [3.8, 4) is 6.07 Å². The number of nitrogens with zero attached hydrogens (tertiary/aromatic N) is 4. The second-order valence-electron chi connectivity index (χ2n) is 6.54. The van der Waals surface area contributed by atoms with E-state index in [1.54, 1.807) is 6.20 Å². The van der Waals surface area contributed by atoms with Crippen LogP contribution in [0.5, 0.6) is 0 Å². The molecule has 8 heteroatoms. The van der Waals surface area contributed by atoms with Crippen molar-refractivity contribution in [1.82, 2.24) is 9.88 Å². The number of nitrogens with one attached hydrogen (secondary N) is 1. The van der Waals surface area contributed by atoms with Crippen molar-refractivity contribution in [1.29, 1.82) is 5.26 Å². The number of halogens is 3.